The summed E-state index contributed by atoms with van der Waals surface area (Å²) in [6, 6.07) is 15.6. The second kappa shape index (κ2) is 7.45. The molecule has 0 aliphatic carbocycles. The first kappa shape index (κ1) is 15.1. The number of ether oxygens (including phenoxy) is 1. The molecule has 110 valence electrons. The number of hydrogen-bond donors (Lipinski definition) is 2. The normalized spacial score (nSPS) is 10.3. The minimum atomic E-state index is -0.370. The molecule has 0 saturated carbocycles. The van der Waals surface area contributed by atoms with Gasteiger partial charge in [0.15, 0.2) is 0 Å². The summed E-state index contributed by atoms with van der Waals surface area (Å²) >= 11 is 0. The van der Waals surface area contributed by atoms with Crippen LogP contribution in [0.25, 0.3) is 0 Å². The third-order valence-electron chi connectivity index (χ3n) is 3.32. The van der Waals surface area contributed by atoms with E-state index >= 15 is 0 Å². The van der Waals surface area contributed by atoms with Crippen LogP contribution in [0.5, 0.6) is 0 Å². The van der Waals surface area contributed by atoms with Gasteiger partial charge in [0, 0.05) is 12.2 Å². The topological polar surface area (TPSA) is 64.3 Å². The summed E-state index contributed by atoms with van der Waals surface area (Å²) in [6.07, 6.45) is 0.973. The Bertz CT molecular complexity index is 597. The van der Waals surface area contributed by atoms with Gasteiger partial charge in [-0.25, -0.2) is 4.79 Å². The molecule has 21 heavy (non-hydrogen) atoms. The van der Waals surface area contributed by atoms with Crippen molar-refractivity contribution in [3.8, 4) is 0 Å². The van der Waals surface area contributed by atoms with Crippen LogP contribution < -0.4 is 11.1 Å². The Kier molecular flexibility index (Phi) is 5.35. The lowest BCUT2D eigenvalue weighted by Gasteiger charge is -2.09. The van der Waals surface area contributed by atoms with Crippen molar-refractivity contribution in [3.05, 3.63) is 65.2 Å². The monoisotopic (exact) mass is 284 g/mol. The van der Waals surface area contributed by atoms with Crippen LogP contribution in [0.4, 0.5) is 5.69 Å². The van der Waals surface area contributed by atoms with E-state index in [4.69, 9.17) is 5.73 Å². The molecule has 0 aliphatic heterocycles. The first-order valence-electron chi connectivity index (χ1n) is 6.92. The van der Waals surface area contributed by atoms with E-state index in [2.05, 4.69) is 22.2 Å². The largest absolute Gasteiger partial charge is 0.465 e. The maximum Gasteiger partial charge on any atom is 0.337 e. The number of nitrogens with two attached hydrogens (primary N) is 1. The number of esters is 1. The molecule has 0 spiro atoms. The average molecular weight is 284 g/mol. The van der Waals surface area contributed by atoms with E-state index in [0.717, 1.165) is 18.5 Å². The Hall–Kier alpha value is -2.33. The van der Waals surface area contributed by atoms with Crippen molar-refractivity contribution in [1.29, 1.82) is 0 Å². The molecule has 0 aromatic heterocycles. The van der Waals surface area contributed by atoms with Gasteiger partial charge >= 0.3 is 5.97 Å². The van der Waals surface area contributed by atoms with Crippen LogP contribution in [0.3, 0.4) is 0 Å². The van der Waals surface area contributed by atoms with Gasteiger partial charge in [0.2, 0.25) is 0 Å². The Balaban J connectivity index is 1.85. The van der Waals surface area contributed by atoms with Crippen LogP contribution in [-0.4, -0.2) is 19.6 Å². The summed E-state index contributed by atoms with van der Waals surface area (Å²) in [5.41, 5.74) is 9.32. The minimum Gasteiger partial charge on any atom is -0.465 e. The molecule has 0 radical (unpaired) electrons. The predicted octanol–water partition coefficient (Wildman–Crippen LogP) is 2.39. The number of rotatable bonds is 6. The van der Waals surface area contributed by atoms with Crippen molar-refractivity contribution < 1.29 is 9.53 Å². The number of carbonyl (C=O) groups excluding carboxylic acids is 1. The zero-order chi connectivity index (χ0) is 15.1. The van der Waals surface area contributed by atoms with Crippen molar-refractivity contribution in [2.24, 2.45) is 0 Å². The molecule has 3 N–H and O–H groups in total. The predicted molar refractivity (Wildman–Crippen MR) is 84.0 cm³/mol. The molecule has 0 aliphatic rings. The van der Waals surface area contributed by atoms with E-state index < -0.39 is 0 Å². The van der Waals surface area contributed by atoms with Gasteiger partial charge in [0.25, 0.3) is 0 Å². The van der Waals surface area contributed by atoms with Crippen LogP contribution in [0.1, 0.15) is 21.5 Å². The number of anilines is 1. The molecule has 0 atom stereocenters. The summed E-state index contributed by atoms with van der Waals surface area (Å²) in [5.74, 6) is -0.370. The summed E-state index contributed by atoms with van der Waals surface area (Å²) in [6.45, 7) is 1.56. The van der Waals surface area contributed by atoms with Gasteiger partial charge in [-0.05, 0) is 36.2 Å². The van der Waals surface area contributed by atoms with Gasteiger partial charge in [0.05, 0.1) is 12.7 Å². The maximum absolute atomic E-state index is 11.4. The van der Waals surface area contributed by atoms with E-state index in [1.54, 1.807) is 12.1 Å². The number of hydrogen-bond acceptors (Lipinski definition) is 4. The highest BCUT2D eigenvalue weighted by atomic mass is 16.5. The average Bonchev–Trinajstić information content (AvgIpc) is 2.53. The SMILES string of the molecule is COC(=O)c1ccc(CNCCc2ccccc2)c(N)c1. The van der Waals surface area contributed by atoms with Crippen molar-refractivity contribution in [2.75, 3.05) is 19.4 Å². The molecule has 4 nitrogen and oxygen atoms in total. The van der Waals surface area contributed by atoms with Crippen molar-refractivity contribution in [2.45, 2.75) is 13.0 Å². The standard InChI is InChI=1S/C17H20N2O2/c1-21-17(20)14-7-8-15(16(18)11-14)12-19-10-9-13-5-3-2-4-6-13/h2-8,11,19H,9-10,12,18H2,1H3. The molecule has 4 heteroatoms. The second-order valence-electron chi connectivity index (χ2n) is 4.82. The Morgan fingerprint density at radius 3 is 2.62 bits per heavy atom. The van der Waals surface area contributed by atoms with Gasteiger partial charge in [-0.3, -0.25) is 0 Å². The van der Waals surface area contributed by atoms with E-state index in [1.807, 2.05) is 24.3 Å². The highest BCUT2D eigenvalue weighted by Crippen LogP contribution is 2.15. The quantitative estimate of drug-likeness (QED) is 0.485. The molecule has 0 saturated heterocycles. The Morgan fingerprint density at radius 2 is 1.95 bits per heavy atom. The first-order chi connectivity index (χ1) is 10.2. The number of benzene rings is 2. The fourth-order valence-electron chi connectivity index (χ4n) is 2.10. The summed E-state index contributed by atoms with van der Waals surface area (Å²) in [4.78, 5) is 11.4. The molecule has 0 heterocycles. The number of methoxy groups -OCH3 is 1. The van der Waals surface area contributed by atoms with Gasteiger partial charge < -0.3 is 15.8 Å². The third kappa shape index (κ3) is 4.33. The lowest BCUT2D eigenvalue weighted by molar-refractivity contribution is 0.0601. The van der Waals surface area contributed by atoms with Gasteiger partial charge in [-0.15, -0.1) is 0 Å². The summed E-state index contributed by atoms with van der Waals surface area (Å²) in [7, 11) is 1.36. The molecule has 2 aromatic carbocycles. The van der Waals surface area contributed by atoms with E-state index in [0.29, 0.717) is 17.8 Å². The van der Waals surface area contributed by atoms with Gasteiger partial charge in [-0.1, -0.05) is 36.4 Å². The lowest BCUT2D eigenvalue weighted by atomic mass is 10.1. The number of nitrogen functional groups attached to an aromatic ring is 1. The van der Waals surface area contributed by atoms with E-state index in [-0.39, 0.29) is 5.97 Å². The molecule has 0 amide bonds. The lowest BCUT2D eigenvalue weighted by Crippen LogP contribution is -2.17. The first-order valence-corrected chi connectivity index (χ1v) is 6.92. The molecule has 2 aromatic rings. The van der Waals surface area contributed by atoms with Crippen LogP contribution >= 0.6 is 0 Å². The van der Waals surface area contributed by atoms with Crippen LogP contribution in [0.2, 0.25) is 0 Å². The summed E-state index contributed by atoms with van der Waals surface area (Å²) < 4.78 is 4.67. The zero-order valence-corrected chi connectivity index (χ0v) is 12.1. The third-order valence-corrected chi connectivity index (χ3v) is 3.32. The van der Waals surface area contributed by atoms with Crippen molar-refractivity contribution >= 4 is 11.7 Å². The number of nitrogens with one attached hydrogen (secondary N) is 1. The fraction of sp³-hybridized carbons (Fsp3) is 0.235. The van der Waals surface area contributed by atoms with Gasteiger partial charge in [0.1, 0.15) is 0 Å². The molecular formula is C17H20N2O2. The van der Waals surface area contributed by atoms with E-state index in [9.17, 15) is 4.79 Å². The van der Waals surface area contributed by atoms with Gasteiger partial charge in [-0.2, -0.15) is 0 Å². The van der Waals surface area contributed by atoms with E-state index in [1.165, 1.54) is 12.7 Å². The molecule has 0 unspecified atom stereocenters. The number of carbonyl (C=O) groups is 1. The smallest absolute Gasteiger partial charge is 0.337 e. The summed E-state index contributed by atoms with van der Waals surface area (Å²) in [5, 5.41) is 3.36. The minimum absolute atomic E-state index is 0.370. The van der Waals surface area contributed by atoms with Crippen molar-refractivity contribution in [3.63, 3.8) is 0 Å². The molecule has 0 fully saturated rings. The Morgan fingerprint density at radius 1 is 1.19 bits per heavy atom. The van der Waals surface area contributed by atoms with Crippen LogP contribution in [0, 0.1) is 0 Å². The molecule has 2 rings (SSSR count). The second-order valence-corrected chi connectivity index (χ2v) is 4.82. The Labute approximate surface area is 124 Å². The highest BCUT2D eigenvalue weighted by molar-refractivity contribution is 5.90. The molecule has 0 bridgehead atoms. The fourth-order valence-corrected chi connectivity index (χ4v) is 2.10. The van der Waals surface area contributed by atoms with Crippen LogP contribution in [-0.2, 0) is 17.7 Å². The zero-order valence-electron chi connectivity index (χ0n) is 12.1. The maximum atomic E-state index is 11.4. The highest BCUT2D eigenvalue weighted by Gasteiger charge is 2.07. The molecular weight excluding hydrogens is 264 g/mol. The van der Waals surface area contributed by atoms with Crippen molar-refractivity contribution in [1.82, 2.24) is 5.32 Å². The van der Waals surface area contributed by atoms with Crippen LogP contribution in [0.15, 0.2) is 48.5 Å².